The number of aromatic nitrogens is 2. The summed E-state index contributed by atoms with van der Waals surface area (Å²) in [7, 11) is 0. The molecule has 1 aromatic heterocycles. The van der Waals surface area contributed by atoms with Crippen molar-refractivity contribution in [1.29, 1.82) is 0 Å². The smallest absolute Gasteiger partial charge is 0.261 e. The van der Waals surface area contributed by atoms with E-state index in [-0.39, 0.29) is 30.0 Å². The third-order valence-corrected chi connectivity index (χ3v) is 4.44. The molecule has 0 radical (unpaired) electrons. The molecule has 0 spiro atoms. The van der Waals surface area contributed by atoms with Crippen LogP contribution < -0.4 is 16.2 Å². The number of anilines is 1. The van der Waals surface area contributed by atoms with Crippen LogP contribution in [0.5, 0.6) is 0 Å². The van der Waals surface area contributed by atoms with Crippen LogP contribution in [-0.4, -0.2) is 21.4 Å². The van der Waals surface area contributed by atoms with Gasteiger partial charge in [-0.25, -0.2) is 4.98 Å². The van der Waals surface area contributed by atoms with Gasteiger partial charge in [-0.15, -0.1) is 0 Å². The monoisotopic (exact) mass is 378 g/mol. The number of carbonyl (C=O) groups excluding carboxylic acids is 2. The fraction of sp³-hybridized carbons (Fsp3) is 0.238. The van der Waals surface area contributed by atoms with Crippen LogP contribution in [0.2, 0.25) is 0 Å². The summed E-state index contributed by atoms with van der Waals surface area (Å²) in [5.74, 6) is 0.0337. The number of benzene rings is 2. The normalized spacial score (nSPS) is 11.8. The summed E-state index contributed by atoms with van der Waals surface area (Å²) < 4.78 is 1.37. The molecule has 0 saturated carbocycles. The molecular weight excluding hydrogens is 356 g/mol. The summed E-state index contributed by atoms with van der Waals surface area (Å²) in [5, 5.41) is 6.09. The first kappa shape index (κ1) is 19.3. The van der Waals surface area contributed by atoms with E-state index in [1.165, 1.54) is 11.5 Å². The van der Waals surface area contributed by atoms with E-state index in [9.17, 15) is 14.4 Å². The van der Waals surface area contributed by atoms with Crippen molar-refractivity contribution < 1.29 is 9.59 Å². The van der Waals surface area contributed by atoms with Gasteiger partial charge in [-0.1, -0.05) is 24.3 Å². The molecule has 2 amide bonds. The van der Waals surface area contributed by atoms with Gasteiger partial charge in [0.25, 0.3) is 5.56 Å². The van der Waals surface area contributed by atoms with E-state index in [2.05, 4.69) is 15.6 Å². The van der Waals surface area contributed by atoms with Crippen LogP contribution in [0.3, 0.4) is 0 Å². The molecule has 7 nitrogen and oxygen atoms in total. The maximum Gasteiger partial charge on any atom is 0.261 e. The Balaban J connectivity index is 1.76. The first-order valence-electron chi connectivity index (χ1n) is 8.98. The lowest BCUT2D eigenvalue weighted by Gasteiger charge is -2.17. The number of para-hydroxylation sites is 1. The summed E-state index contributed by atoms with van der Waals surface area (Å²) in [6.07, 6.45) is 0. The predicted molar refractivity (Wildman–Crippen MR) is 108 cm³/mol. The van der Waals surface area contributed by atoms with Crippen LogP contribution in [0.25, 0.3) is 10.9 Å². The summed E-state index contributed by atoms with van der Waals surface area (Å²) >= 11 is 0. The number of amides is 2. The first-order valence-corrected chi connectivity index (χ1v) is 8.98. The number of fused-ring (bicyclic) bond motifs is 1. The van der Waals surface area contributed by atoms with E-state index in [1.54, 1.807) is 37.3 Å². The van der Waals surface area contributed by atoms with Gasteiger partial charge in [0, 0.05) is 12.6 Å². The van der Waals surface area contributed by atoms with E-state index >= 15 is 0 Å². The second-order valence-electron chi connectivity index (χ2n) is 6.66. The Morgan fingerprint density at radius 1 is 1.14 bits per heavy atom. The molecule has 2 aromatic carbocycles. The minimum absolute atomic E-state index is 0.113. The quantitative estimate of drug-likeness (QED) is 0.713. The van der Waals surface area contributed by atoms with Crippen molar-refractivity contribution >= 4 is 28.4 Å². The molecule has 0 aliphatic heterocycles. The van der Waals surface area contributed by atoms with Gasteiger partial charge in [-0.2, -0.15) is 0 Å². The molecular formula is C21H22N4O3. The van der Waals surface area contributed by atoms with E-state index in [0.717, 1.165) is 5.56 Å². The lowest BCUT2D eigenvalue weighted by Crippen LogP contribution is -2.35. The Labute approximate surface area is 162 Å². The number of hydrogen-bond donors (Lipinski definition) is 2. The van der Waals surface area contributed by atoms with Crippen molar-refractivity contribution in [3.05, 3.63) is 70.3 Å². The Morgan fingerprint density at radius 2 is 1.89 bits per heavy atom. The fourth-order valence-corrected chi connectivity index (χ4v) is 3.07. The summed E-state index contributed by atoms with van der Waals surface area (Å²) in [5.41, 5.74) is 1.89. The van der Waals surface area contributed by atoms with Gasteiger partial charge in [0.05, 0.1) is 16.9 Å². The highest BCUT2D eigenvalue weighted by molar-refractivity contribution is 5.88. The van der Waals surface area contributed by atoms with Crippen LogP contribution in [0.1, 0.15) is 31.3 Å². The molecule has 0 saturated heterocycles. The standard InChI is InChI=1S/C21H22N4O3/c1-13(16-7-6-8-17(11-16)24-15(3)26)22-20(27)12-25-14(2)23-19-10-5-4-9-18(19)21(25)28/h4-11,13H,12H2,1-3H3,(H,22,27)(H,24,26). The summed E-state index contributed by atoms with van der Waals surface area (Å²) in [6, 6.07) is 14.1. The molecule has 28 heavy (non-hydrogen) atoms. The van der Waals surface area contributed by atoms with Crippen LogP contribution >= 0.6 is 0 Å². The Bertz CT molecular complexity index is 1100. The lowest BCUT2D eigenvalue weighted by molar-refractivity contribution is -0.122. The molecule has 3 rings (SSSR count). The molecule has 144 valence electrons. The second-order valence-corrected chi connectivity index (χ2v) is 6.66. The van der Waals surface area contributed by atoms with Gasteiger partial charge in [-0.05, 0) is 43.7 Å². The van der Waals surface area contributed by atoms with E-state index in [4.69, 9.17) is 0 Å². The molecule has 3 aromatic rings. The van der Waals surface area contributed by atoms with Crippen molar-refractivity contribution in [1.82, 2.24) is 14.9 Å². The number of rotatable bonds is 5. The maximum absolute atomic E-state index is 12.7. The van der Waals surface area contributed by atoms with E-state index < -0.39 is 0 Å². The summed E-state index contributed by atoms with van der Waals surface area (Å²) in [6.45, 7) is 4.88. The molecule has 1 heterocycles. The molecule has 0 aliphatic rings. The Morgan fingerprint density at radius 3 is 2.64 bits per heavy atom. The molecule has 0 fully saturated rings. The van der Waals surface area contributed by atoms with Crippen molar-refractivity contribution in [2.75, 3.05) is 5.32 Å². The highest BCUT2D eigenvalue weighted by Crippen LogP contribution is 2.17. The molecule has 1 atom stereocenters. The predicted octanol–water partition coefficient (Wildman–Crippen LogP) is 2.54. The molecule has 1 unspecified atom stereocenters. The van der Waals surface area contributed by atoms with Gasteiger partial charge >= 0.3 is 0 Å². The minimum atomic E-state index is -0.292. The molecule has 2 N–H and O–H groups in total. The van der Waals surface area contributed by atoms with Crippen molar-refractivity contribution in [2.24, 2.45) is 0 Å². The SMILES string of the molecule is CC(=O)Nc1cccc(C(C)NC(=O)Cn2c(C)nc3ccccc3c2=O)c1. The topological polar surface area (TPSA) is 93.1 Å². The van der Waals surface area contributed by atoms with Crippen molar-refractivity contribution in [2.45, 2.75) is 33.4 Å². The van der Waals surface area contributed by atoms with Gasteiger partial charge in [0.2, 0.25) is 11.8 Å². The highest BCUT2D eigenvalue weighted by atomic mass is 16.2. The van der Waals surface area contributed by atoms with Crippen LogP contribution in [0.15, 0.2) is 53.3 Å². The number of nitrogens with one attached hydrogen (secondary N) is 2. The molecule has 0 bridgehead atoms. The minimum Gasteiger partial charge on any atom is -0.348 e. The first-order chi connectivity index (χ1) is 13.3. The van der Waals surface area contributed by atoms with Gasteiger partial charge in [-0.3, -0.25) is 19.0 Å². The van der Waals surface area contributed by atoms with Crippen LogP contribution in [0.4, 0.5) is 5.69 Å². The summed E-state index contributed by atoms with van der Waals surface area (Å²) in [4.78, 5) is 40.8. The maximum atomic E-state index is 12.7. The van der Waals surface area contributed by atoms with Crippen LogP contribution in [0, 0.1) is 6.92 Å². The highest BCUT2D eigenvalue weighted by Gasteiger charge is 2.14. The van der Waals surface area contributed by atoms with Gasteiger partial charge < -0.3 is 10.6 Å². The average molecular weight is 378 g/mol. The Kier molecular flexibility index (Phi) is 5.54. The zero-order chi connectivity index (χ0) is 20.3. The second kappa shape index (κ2) is 8.04. The third kappa shape index (κ3) is 4.25. The number of nitrogens with zero attached hydrogens (tertiary/aromatic N) is 2. The number of hydrogen-bond acceptors (Lipinski definition) is 4. The number of aryl methyl sites for hydroxylation is 1. The molecule has 0 aliphatic carbocycles. The van der Waals surface area contributed by atoms with Crippen molar-refractivity contribution in [3.8, 4) is 0 Å². The zero-order valence-corrected chi connectivity index (χ0v) is 16.0. The lowest BCUT2D eigenvalue weighted by atomic mass is 10.1. The average Bonchev–Trinajstić information content (AvgIpc) is 2.65. The number of carbonyl (C=O) groups is 2. The molecule has 7 heteroatoms. The van der Waals surface area contributed by atoms with Gasteiger partial charge in [0.15, 0.2) is 0 Å². The van der Waals surface area contributed by atoms with Crippen LogP contribution in [-0.2, 0) is 16.1 Å². The van der Waals surface area contributed by atoms with Crippen molar-refractivity contribution in [3.63, 3.8) is 0 Å². The fourth-order valence-electron chi connectivity index (χ4n) is 3.07. The van der Waals surface area contributed by atoms with Gasteiger partial charge in [0.1, 0.15) is 12.4 Å². The van der Waals surface area contributed by atoms with E-state index in [0.29, 0.717) is 22.4 Å². The Hall–Kier alpha value is -3.48. The zero-order valence-electron chi connectivity index (χ0n) is 16.0. The largest absolute Gasteiger partial charge is 0.348 e. The van der Waals surface area contributed by atoms with E-state index in [1.807, 2.05) is 25.1 Å². The third-order valence-electron chi connectivity index (χ3n) is 4.44.